The van der Waals surface area contributed by atoms with Crippen LogP contribution in [0.2, 0.25) is 0 Å². The zero-order valence-electron chi connectivity index (χ0n) is 5.77. The third kappa shape index (κ3) is 4.69. The van der Waals surface area contributed by atoms with Gasteiger partial charge in [0.15, 0.2) is 0 Å². The van der Waals surface area contributed by atoms with Crippen molar-refractivity contribution in [1.29, 1.82) is 0 Å². The summed E-state index contributed by atoms with van der Waals surface area (Å²) in [5, 5.41) is 34.3. The predicted octanol–water partition coefficient (Wildman–Crippen LogP) is -1.53. The summed E-state index contributed by atoms with van der Waals surface area (Å²) in [5.41, 5.74) is 0. The van der Waals surface area contributed by atoms with Gasteiger partial charge < -0.3 is 20.4 Å². The lowest BCUT2D eigenvalue weighted by Crippen LogP contribution is -2.21. The van der Waals surface area contributed by atoms with Crippen molar-refractivity contribution in [2.45, 2.75) is 25.0 Å². The number of hydrogen-bond acceptors (Lipinski definition) is 4. The van der Waals surface area contributed by atoms with E-state index in [0.717, 1.165) is 0 Å². The van der Waals surface area contributed by atoms with Crippen LogP contribution in [0, 0.1) is 0 Å². The Morgan fingerprint density at radius 3 is 2.00 bits per heavy atom. The largest absolute Gasteiger partial charge is 0.396 e. The summed E-state index contributed by atoms with van der Waals surface area (Å²) in [5.74, 6) is 0. The molecule has 4 heteroatoms. The molecular formula is C6H14O4. The van der Waals surface area contributed by atoms with Crippen molar-refractivity contribution in [3.05, 3.63) is 0 Å². The topological polar surface area (TPSA) is 80.9 Å². The van der Waals surface area contributed by atoms with Gasteiger partial charge in [0.2, 0.25) is 0 Å². The molecule has 0 bridgehead atoms. The highest BCUT2D eigenvalue weighted by Crippen LogP contribution is 2.00. The van der Waals surface area contributed by atoms with E-state index in [4.69, 9.17) is 20.4 Å². The Bertz CT molecular complexity index is 76.1. The molecule has 0 saturated carbocycles. The second kappa shape index (κ2) is 5.61. The van der Waals surface area contributed by atoms with Crippen LogP contribution in [0.15, 0.2) is 0 Å². The second-order valence-electron chi connectivity index (χ2n) is 2.24. The minimum absolute atomic E-state index is 0.0979. The first-order chi connectivity index (χ1) is 4.70. The number of aliphatic hydroxyl groups is 4. The third-order valence-electron chi connectivity index (χ3n) is 1.22. The molecule has 62 valence electrons. The first-order valence-electron chi connectivity index (χ1n) is 3.28. The summed E-state index contributed by atoms with van der Waals surface area (Å²) in [6.45, 7) is -0.443. The van der Waals surface area contributed by atoms with Crippen LogP contribution in [0.1, 0.15) is 12.8 Å². The van der Waals surface area contributed by atoms with E-state index in [1.165, 1.54) is 0 Å². The molecular weight excluding hydrogens is 136 g/mol. The molecule has 0 rings (SSSR count). The number of rotatable bonds is 5. The molecule has 0 heterocycles. The van der Waals surface area contributed by atoms with Crippen LogP contribution >= 0.6 is 0 Å². The Morgan fingerprint density at radius 2 is 1.60 bits per heavy atom. The van der Waals surface area contributed by atoms with Gasteiger partial charge in [-0.15, -0.1) is 0 Å². The van der Waals surface area contributed by atoms with Gasteiger partial charge in [-0.1, -0.05) is 0 Å². The standard InChI is InChI=1S/C6H14O4/c7-2-1-5(9)3-6(10)4-8/h5-10H,1-4H2/t5-,6+/m1/s1. The molecule has 0 aliphatic heterocycles. The molecule has 0 aliphatic carbocycles. The number of aliphatic hydroxyl groups excluding tert-OH is 4. The van der Waals surface area contributed by atoms with Crippen molar-refractivity contribution >= 4 is 0 Å². The average Bonchev–Trinajstić information content (AvgIpc) is 1.88. The summed E-state index contributed by atoms with van der Waals surface area (Å²) >= 11 is 0. The SMILES string of the molecule is OCC[C@@H](O)C[C@H](O)CO. The van der Waals surface area contributed by atoms with Crippen molar-refractivity contribution in [3.63, 3.8) is 0 Å². The van der Waals surface area contributed by atoms with Crippen molar-refractivity contribution in [2.75, 3.05) is 13.2 Å². The minimum atomic E-state index is -0.874. The van der Waals surface area contributed by atoms with Crippen LogP contribution in [0.3, 0.4) is 0 Å². The fourth-order valence-electron chi connectivity index (χ4n) is 0.655. The molecule has 0 amide bonds. The van der Waals surface area contributed by atoms with E-state index < -0.39 is 12.2 Å². The van der Waals surface area contributed by atoms with Crippen molar-refractivity contribution in [3.8, 4) is 0 Å². The quantitative estimate of drug-likeness (QED) is 0.383. The van der Waals surface area contributed by atoms with E-state index in [0.29, 0.717) is 0 Å². The maximum Gasteiger partial charge on any atom is 0.0795 e. The zero-order chi connectivity index (χ0) is 7.98. The van der Waals surface area contributed by atoms with E-state index in [1.54, 1.807) is 0 Å². The predicted molar refractivity (Wildman–Crippen MR) is 35.4 cm³/mol. The molecule has 2 atom stereocenters. The Labute approximate surface area is 59.7 Å². The van der Waals surface area contributed by atoms with Gasteiger partial charge in [0.1, 0.15) is 0 Å². The van der Waals surface area contributed by atoms with E-state index >= 15 is 0 Å². The van der Waals surface area contributed by atoms with Crippen LogP contribution in [-0.4, -0.2) is 45.8 Å². The van der Waals surface area contributed by atoms with Crippen LogP contribution in [0.4, 0.5) is 0 Å². The summed E-state index contributed by atoms with van der Waals surface area (Å²) in [6, 6.07) is 0. The maximum atomic E-state index is 8.92. The molecule has 0 aliphatic rings. The highest BCUT2D eigenvalue weighted by molar-refractivity contribution is 4.61. The molecule has 0 fully saturated rings. The van der Waals surface area contributed by atoms with Crippen molar-refractivity contribution in [1.82, 2.24) is 0 Å². The van der Waals surface area contributed by atoms with Crippen molar-refractivity contribution < 1.29 is 20.4 Å². The monoisotopic (exact) mass is 150 g/mol. The molecule has 0 aromatic heterocycles. The molecule has 0 aromatic carbocycles. The molecule has 10 heavy (non-hydrogen) atoms. The van der Waals surface area contributed by atoms with Gasteiger partial charge in [-0.3, -0.25) is 0 Å². The summed E-state index contributed by atoms with van der Waals surface area (Å²) in [7, 11) is 0. The van der Waals surface area contributed by atoms with Crippen LogP contribution in [-0.2, 0) is 0 Å². The zero-order valence-corrected chi connectivity index (χ0v) is 5.77. The van der Waals surface area contributed by atoms with E-state index in [9.17, 15) is 0 Å². The minimum Gasteiger partial charge on any atom is -0.396 e. The summed E-state index contributed by atoms with van der Waals surface area (Å²) in [6.07, 6.45) is -1.22. The van der Waals surface area contributed by atoms with Gasteiger partial charge in [-0.05, 0) is 6.42 Å². The van der Waals surface area contributed by atoms with E-state index in [-0.39, 0.29) is 26.1 Å². The molecule has 4 nitrogen and oxygen atoms in total. The molecule has 0 unspecified atom stereocenters. The van der Waals surface area contributed by atoms with Gasteiger partial charge in [0.05, 0.1) is 18.8 Å². The van der Waals surface area contributed by atoms with Gasteiger partial charge in [0, 0.05) is 13.0 Å². The van der Waals surface area contributed by atoms with E-state index in [2.05, 4.69) is 0 Å². The lowest BCUT2D eigenvalue weighted by Gasteiger charge is -2.11. The van der Waals surface area contributed by atoms with Crippen LogP contribution in [0.25, 0.3) is 0 Å². The van der Waals surface area contributed by atoms with Crippen molar-refractivity contribution in [2.24, 2.45) is 0 Å². The maximum absolute atomic E-state index is 8.92. The molecule has 0 radical (unpaired) electrons. The van der Waals surface area contributed by atoms with Gasteiger partial charge >= 0.3 is 0 Å². The second-order valence-corrected chi connectivity index (χ2v) is 2.24. The fraction of sp³-hybridized carbons (Fsp3) is 1.00. The van der Waals surface area contributed by atoms with Gasteiger partial charge in [-0.2, -0.15) is 0 Å². The van der Waals surface area contributed by atoms with Gasteiger partial charge in [-0.25, -0.2) is 0 Å². The molecule has 0 aromatic rings. The first-order valence-corrected chi connectivity index (χ1v) is 3.28. The Hall–Kier alpha value is -0.160. The van der Waals surface area contributed by atoms with Crippen LogP contribution < -0.4 is 0 Å². The Balaban J connectivity index is 3.27. The molecule has 0 saturated heterocycles. The highest BCUT2D eigenvalue weighted by Gasteiger charge is 2.09. The van der Waals surface area contributed by atoms with Gasteiger partial charge in [0.25, 0.3) is 0 Å². The Morgan fingerprint density at radius 1 is 1.00 bits per heavy atom. The fourth-order valence-corrected chi connectivity index (χ4v) is 0.655. The number of hydrogen-bond donors (Lipinski definition) is 4. The smallest absolute Gasteiger partial charge is 0.0795 e. The first kappa shape index (κ1) is 9.84. The normalized spacial score (nSPS) is 16.8. The Kier molecular flexibility index (Phi) is 5.52. The van der Waals surface area contributed by atoms with Crippen LogP contribution in [0.5, 0.6) is 0 Å². The average molecular weight is 150 g/mol. The summed E-state index contributed by atoms with van der Waals surface area (Å²) < 4.78 is 0. The molecule has 4 N–H and O–H groups in total. The lowest BCUT2D eigenvalue weighted by atomic mass is 10.1. The lowest BCUT2D eigenvalue weighted by molar-refractivity contribution is 0.0327. The summed E-state index contributed by atoms with van der Waals surface area (Å²) in [4.78, 5) is 0. The molecule has 0 spiro atoms. The third-order valence-corrected chi connectivity index (χ3v) is 1.22. The highest BCUT2D eigenvalue weighted by atomic mass is 16.3. The van der Waals surface area contributed by atoms with E-state index in [1.807, 2.05) is 0 Å².